The van der Waals surface area contributed by atoms with Crippen LogP contribution in [0.4, 0.5) is 0 Å². The van der Waals surface area contributed by atoms with E-state index in [1.807, 2.05) is 0 Å². The maximum atomic E-state index is 2.73. The van der Waals surface area contributed by atoms with Gasteiger partial charge in [0.05, 0.1) is 0 Å². The van der Waals surface area contributed by atoms with E-state index in [1.165, 1.54) is 0 Å². The first-order valence-corrected chi connectivity index (χ1v) is 8.09. The fourth-order valence-electron chi connectivity index (χ4n) is 2.40. The minimum atomic E-state index is -1.01. The summed E-state index contributed by atoms with van der Waals surface area (Å²) in [5.74, 6) is 0.904. The molecule has 1 fully saturated rings. The minimum Gasteiger partial charge on any atom is -0.318 e. The third-order valence-electron chi connectivity index (χ3n) is 3.17. The van der Waals surface area contributed by atoms with E-state index in [2.05, 4.69) is 45.0 Å². The molecule has 0 aromatic heterocycles. The molecule has 1 aliphatic heterocycles. The standard InChI is InChI=1S/C9H21NSi/c1-7-8(2)10(9(7)3)11(4,5)6/h7-9H,1-6H3. The van der Waals surface area contributed by atoms with Crippen molar-refractivity contribution in [3.63, 3.8) is 0 Å². The van der Waals surface area contributed by atoms with Gasteiger partial charge in [0.15, 0.2) is 0 Å². The Morgan fingerprint density at radius 3 is 1.45 bits per heavy atom. The number of hydrogen-bond acceptors (Lipinski definition) is 1. The Balaban J connectivity index is 2.63. The molecule has 2 unspecified atom stereocenters. The molecular formula is C9H21NSi. The highest BCUT2D eigenvalue weighted by Gasteiger charge is 2.45. The van der Waals surface area contributed by atoms with Gasteiger partial charge >= 0.3 is 0 Å². The minimum absolute atomic E-state index is 0.830. The van der Waals surface area contributed by atoms with E-state index in [0.717, 1.165) is 18.0 Å². The van der Waals surface area contributed by atoms with Gasteiger partial charge in [0.25, 0.3) is 0 Å². The van der Waals surface area contributed by atoms with Gasteiger partial charge in [-0.25, -0.2) is 0 Å². The largest absolute Gasteiger partial charge is 0.318 e. The number of hydrogen-bond donors (Lipinski definition) is 0. The van der Waals surface area contributed by atoms with Crippen LogP contribution >= 0.6 is 0 Å². The molecule has 0 aromatic rings. The van der Waals surface area contributed by atoms with Crippen molar-refractivity contribution in [2.75, 3.05) is 0 Å². The van der Waals surface area contributed by atoms with Crippen molar-refractivity contribution in [3.05, 3.63) is 0 Å². The highest BCUT2D eigenvalue weighted by atomic mass is 28.3. The van der Waals surface area contributed by atoms with Crippen LogP contribution in [0.25, 0.3) is 0 Å². The van der Waals surface area contributed by atoms with Crippen LogP contribution in [-0.4, -0.2) is 24.9 Å². The molecule has 0 N–H and O–H groups in total. The molecule has 0 radical (unpaired) electrons. The lowest BCUT2D eigenvalue weighted by atomic mass is 9.87. The smallest absolute Gasteiger partial charge is 0.119 e. The maximum absolute atomic E-state index is 2.73. The van der Waals surface area contributed by atoms with Gasteiger partial charge in [-0.05, 0) is 19.8 Å². The van der Waals surface area contributed by atoms with E-state index >= 15 is 0 Å². The summed E-state index contributed by atoms with van der Waals surface area (Å²) >= 11 is 0. The van der Waals surface area contributed by atoms with Crippen LogP contribution < -0.4 is 0 Å². The monoisotopic (exact) mass is 171 g/mol. The molecule has 0 aliphatic carbocycles. The van der Waals surface area contributed by atoms with Gasteiger partial charge in [-0.15, -0.1) is 0 Å². The molecular weight excluding hydrogens is 150 g/mol. The van der Waals surface area contributed by atoms with Crippen molar-refractivity contribution < 1.29 is 0 Å². The van der Waals surface area contributed by atoms with E-state index in [4.69, 9.17) is 0 Å². The van der Waals surface area contributed by atoms with Gasteiger partial charge < -0.3 is 4.57 Å². The summed E-state index contributed by atoms with van der Waals surface area (Å²) in [5, 5.41) is 0. The molecule has 11 heavy (non-hydrogen) atoms. The SMILES string of the molecule is CC1C(C)N([Si](C)(C)C)C1C. The summed E-state index contributed by atoms with van der Waals surface area (Å²) in [5.41, 5.74) is 0. The molecule has 0 saturated carbocycles. The number of rotatable bonds is 1. The van der Waals surface area contributed by atoms with Crippen LogP contribution in [0, 0.1) is 5.92 Å². The van der Waals surface area contributed by atoms with Crippen molar-refractivity contribution in [2.45, 2.75) is 52.5 Å². The van der Waals surface area contributed by atoms with Crippen LogP contribution in [0.3, 0.4) is 0 Å². The normalized spacial score (nSPS) is 40.4. The molecule has 1 rings (SSSR count). The van der Waals surface area contributed by atoms with Gasteiger partial charge in [0, 0.05) is 12.1 Å². The first kappa shape index (κ1) is 9.27. The molecule has 1 saturated heterocycles. The van der Waals surface area contributed by atoms with Crippen molar-refractivity contribution in [2.24, 2.45) is 5.92 Å². The lowest BCUT2D eigenvalue weighted by molar-refractivity contribution is 0.0465. The number of nitrogens with zero attached hydrogens (tertiary/aromatic N) is 1. The fraction of sp³-hybridized carbons (Fsp3) is 1.00. The zero-order valence-corrected chi connectivity index (χ0v) is 9.68. The molecule has 0 amide bonds. The Bertz CT molecular complexity index is 140. The molecule has 2 heteroatoms. The molecule has 1 heterocycles. The van der Waals surface area contributed by atoms with Gasteiger partial charge in [-0.2, -0.15) is 0 Å². The highest BCUT2D eigenvalue weighted by molar-refractivity contribution is 6.73. The Labute approximate surface area is 71.9 Å². The van der Waals surface area contributed by atoms with Crippen molar-refractivity contribution >= 4 is 8.24 Å². The predicted molar refractivity (Wildman–Crippen MR) is 53.3 cm³/mol. The zero-order valence-electron chi connectivity index (χ0n) is 8.68. The fourth-order valence-corrected chi connectivity index (χ4v) is 5.31. The molecule has 1 nitrogen and oxygen atoms in total. The summed E-state index contributed by atoms with van der Waals surface area (Å²) in [7, 11) is -1.01. The molecule has 2 atom stereocenters. The van der Waals surface area contributed by atoms with Crippen LogP contribution in [0.2, 0.25) is 19.6 Å². The first-order valence-electron chi connectivity index (χ1n) is 4.64. The average Bonchev–Trinajstić information content (AvgIpc) is 1.85. The van der Waals surface area contributed by atoms with E-state index in [-0.39, 0.29) is 0 Å². The van der Waals surface area contributed by atoms with Gasteiger partial charge in [-0.1, -0.05) is 26.6 Å². The van der Waals surface area contributed by atoms with Crippen LogP contribution in [0.5, 0.6) is 0 Å². The summed E-state index contributed by atoms with van der Waals surface area (Å²) in [6.07, 6.45) is 0. The Morgan fingerprint density at radius 2 is 1.27 bits per heavy atom. The molecule has 66 valence electrons. The quantitative estimate of drug-likeness (QED) is 0.548. The Hall–Kier alpha value is 0.177. The molecule has 1 aliphatic rings. The lowest BCUT2D eigenvalue weighted by Crippen LogP contribution is -2.68. The maximum Gasteiger partial charge on any atom is 0.119 e. The van der Waals surface area contributed by atoms with Crippen LogP contribution in [0.15, 0.2) is 0 Å². The van der Waals surface area contributed by atoms with Crippen molar-refractivity contribution in [1.29, 1.82) is 0 Å². The third-order valence-corrected chi connectivity index (χ3v) is 5.54. The lowest BCUT2D eigenvalue weighted by Gasteiger charge is -2.57. The Morgan fingerprint density at radius 1 is 0.909 bits per heavy atom. The van der Waals surface area contributed by atoms with Gasteiger partial charge in [-0.3, -0.25) is 0 Å². The first-order chi connectivity index (χ1) is 4.85. The van der Waals surface area contributed by atoms with E-state index in [0.29, 0.717) is 0 Å². The zero-order chi connectivity index (χ0) is 8.81. The second-order valence-corrected chi connectivity index (χ2v) is 9.78. The van der Waals surface area contributed by atoms with E-state index in [9.17, 15) is 0 Å². The van der Waals surface area contributed by atoms with Crippen LogP contribution in [-0.2, 0) is 0 Å². The van der Waals surface area contributed by atoms with E-state index < -0.39 is 8.24 Å². The van der Waals surface area contributed by atoms with Crippen molar-refractivity contribution in [3.8, 4) is 0 Å². The summed E-state index contributed by atoms with van der Waals surface area (Å²) in [6, 6.07) is 1.66. The van der Waals surface area contributed by atoms with Crippen molar-refractivity contribution in [1.82, 2.24) is 4.57 Å². The second kappa shape index (κ2) is 2.59. The summed E-state index contributed by atoms with van der Waals surface area (Å²) < 4.78 is 2.73. The van der Waals surface area contributed by atoms with Crippen LogP contribution in [0.1, 0.15) is 20.8 Å². The van der Waals surface area contributed by atoms with Gasteiger partial charge in [0.1, 0.15) is 8.24 Å². The summed E-state index contributed by atoms with van der Waals surface area (Å²) in [6.45, 7) is 14.4. The highest BCUT2D eigenvalue weighted by Crippen LogP contribution is 2.35. The molecule has 0 spiro atoms. The van der Waals surface area contributed by atoms with E-state index in [1.54, 1.807) is 0 Å². The molecule has 0 bridgehead atoms. The van der Waals surface area contributed by atoms with Gasteiger partial charge in [0.2, 0.25) is 0 Å². The summed E-state index contributed by atoms with van der Waals surface area (Å²) in [4.78, 5) is 0. The average molecular weight is 171 g/mol. The Kier molecular flexibility index (Phi) is 2.19. The molecule has 0 aromatic carbocycles. The predicted octanol–water partition coefficient (Wildman–Crippen LogP) is 2.55. The topological polar surface area (TPSA) is 3.24 Å². The third kappa shape index (κ3) is 1.38. The second-order valence-electron chi connectivity index (χ2n) is 4.92.